The van der Waals surface area contributed by atoms with Crippen LogP contribution in [0.2, 0.25) is 0 Å². The zero-order valence-corrected chi connectivity index (χ0v) is 8.76. The Morgan fingerprint density at radius 2 is 1.25 bits per heavy atom. The minimum atomic E-state index is 0. The molecule has 0 aliphatic rings. The molecule has 2 aromatic rings. The SMILES string of the molecule is [Li+].[Li+].[c-]1sccc1-c1[c-]scc1. The normalized spacial score (nSPS) is 8.33. The van der Waals surface area contributed by atoms with E-state index in [1.54, 1.807) is 22.7 Å². The third-order valence-electron chi connectivity index (χ3n) is 1.23. The molecule has 0 radical (unpaired) electrons. The van der Waals surface area contributed by atoms with Crippen molar-refractivity contribution in [3.05, 3.63) is 33.7 Å². The van der Waals surface area contributed by atoms with Gasteiger partial charge in [0.25, 0.3) is 0 Å². The van der Waals surface area contributed by atoms with Crippen molar-refractivity contribution in [1.82, 2.24) is 0 Å². The van der Waals surface area contributed by atoms with E-state index < -0.39 is 0 Å². The Hall–Kier alpha value is 0.595. The van der Waals surface area contributed by atoms with Gasteiger partial charge in [-0.15, -0.1) is 21.5 Å². The number of hydrogen-bond acceptors (Lipinski definition) is 2. The molecule has 2 aromatic heterocycles. The molecule has 4 heteroatoms. The third kappa shape index (κ3) is 2.82. The van der Waals surface area contributed by atoms with E-state index in [9.17, 15) is 0 Å². The van der Waals surface area contributed by atoms with Gasteiger partial charge in [-0.2, -0.15) is 0 Å². The van der Waals surface area contributed by atoms with E-state index in [2.05, 4.69) is 22.9 Å². The number of hydrogen-bond donors (Lipinski definition) is 0. The van der Waals surface area contributed by atoms with Gasteiger partial charge in [-0.3, -0.25) is 22.7 Å². The van der Waals surface area contributed by atoms with Gasteiger partial charge in [-0.1, -0.05) is 0 Å². The molecule has 0 bridgehead atoms. The maximum atomic E-state index is 3.16. The van der Waals surface area contributed by atoms with Crippen LogP contribution in [0.15, 0.2) is 22.9 Å². The monoisotopic (exact) mass is 178 g/mol. The fourth-order valence-electron chi connectivity index (χ4n) is 0.757. The van der Waals surface area contributed by atoms with Gasteiger partial charge in [-0.05, 0) is 0 Å². The molecule has 0 spiro atoms. The second-order valence-corrected chi connectivity index (χ2v) is 3.30. The Bertz CT molecular complexity index is 254. The van der Waals surface area contributed by atoms with Crippen molar-refractivity contribution in [2.24, 2.45) is 0 Å². The summed E-state index contributed by atoms with van der Waals surface area (Å²) in [6.45, 7) is 0. The Morgan fingerprint density at radius 3 is 1.50 bits per heavy atom. The summed E-state index contributed by atoms with van der Waals surface area (Å²) in [6.07, 6.45) is 0. The third-order valence-corrected chi connectivity index (χ3v) is 2.45. The fourth-order valence-corrected chi connectivity index (χ4v) is 1.91. The van der Waals surface area contributed by atoms with E-state index in [-0.39, 0.29) is 37.7 Å². The van der Waals surface area contributed by atoms with Gasteiger partial charge < -0.3 is 0 Å². The van der Waals surface area contributed by atoms with Crippen LogP contribution in [0.1, 0.15) is 0 Å². The first-order valence-electron chi connectivity index (χ1n) is 2.87. The summed E-state index contributed by atoms with van der Waals surface area (Å²) in [7, 11) is 0. The van der Waals surface area contributed by atoms with Crippen LogP contribution in [0.4, 0.5) is 0 Å². The van der Waals surface area contributed by atoms with Gasteiger partial charge in [0.15, 0.2) is 0 Å². The number of rotatable bonds is 1. The summed E-state index contributed by atoms with van der Waals surface area (Å²) >= 11 is 3.19. The summed E-state index contributed by atoms with van der Waals surface area (Å²) in [5.74, 6) is 0. The predicted octanol–water partition coefficient (Wildman–Crippen LogP) is -2.92. The van der Waals surface area contributed by atoms with Crippen molar-refractivity contribution in [3.8, 4) is 11.1 Å². The van der Waals surface area contributed by atoms with Gasteiger partial charge in [0.05, 0.1) is 0 Å². The molecule has 0 fully saturated rings. The number of thiophene rings is 2. The summed E-state index contributed by atoms with van der Waals surface area (Å²) in [4.78, 5) is 0. The van der Waals surface area contributed by atoms with Crippen LogP contribution in [-0.2, 0) is 0 Å². The Balaban J connectivity index is 0.000000605. The maximum Gasteiger partial charge on any atom is 1.00 e. The van der Waals surface area contributed by atoms with Crippen LogP contribution in [0, 0.1) is 10.8 Å². The van der Waals surface area contributed by atoms with Crippen LogP contribution < -0.4 is 37.7 Å². The second kappa shape index (κ2) is 6.11. The average molecular weight is 178 g/mol. The molecule has 0 unspecified atom stereocenters. The first-order valence-corrected chi connectivity index (χ1v) is 4.63. The zero-order valence-electron chi connectivity index (χ0n) is 7.13. The fraction of sp³-hybridized carbons (Fsp3) is 0. The zero-order chi connectivity index (χ0) is 6.81. The molecule has 0 saturated carbocycles. The van der Waals surface area contributed by atoms with E-state index in [0.717, 1.165) is 11.1 Å². The van der Waals surface area contributed by atoms with Gasteiger partial charge >= 0.3 is 37.7 Å². The minimum absolute atomic E-state index is 0. The molecule has 2 rings (SSSR count). The summed E-state index contributed by atoms with van der Waals surface area (Å²) in [6, 6.07) is 4.12. The Morgan fingerprint density at radius 1 is 0.833 bits per heavy atom. The second-order valence-electron chi connectivity index (χ2n) is 1.87. The Labute approximate surface area is 104 Å². The smallest absolute Gasteiger partial charge is 0.276 e. The molecule has 0 amide bonds. The molecule has 0 aliphatic carbocycles. The molecule has 0 aromatic carbocycles. The summed E-state index contributed by atoms with van der Waals surface area (Å²) in [5.41, 5.74) is 2.32. The first kappa shape index (κ1) is 12.6. The molecule has 2 heterocycles. The molecule has 0 nitrogen and oxygen atoms in total. The van der Waals surface area contributed by atoms with Crippen molar-refractivity contribution >= 4 is 22.7 Å². The van der Waals surface area contributed by atoms with E-state index in [0.29, 0.717) is 0 Å². The van der Waals surface area contributed by atoms with Crippen molar-refractivity contribution < 1.29 is 37.7 Å². The maximum absolute atomic E-state index is 3.16. The molecule has 0 saturated heterocycles. The largest absolute Gasteiger partial charge is 1.00 e. The van der Waals surface area contributed by atoms with Gasteiger partial charge in [-0.25, -0.2) is 23.3 Å². The first-order chi connectivity index (χ1) is 4.97. The molecule has 0 aliphatic heterocycles. The van der Waals surface area contributed by atoms with Gasteiger partial charge in [0, 0.05) is 0 Å². The van der Waals surface area contributed by atoms with Crippen LogP contribution in [0.5, 0.6) is 0 Å². The molecule has 12 heavy (non-hydrogen) atoms. The van der Waals surface area contributed by atoms with Crippen molar-refractivity contribution in [2.45, 2.75) is 0 Å². The van der Waals surface area contributed by atoms with Crippen LogP contribution in [0.3, 0.4) is 0 Å². The molecule has 0 N–H and O–H groups in total. The van der Waals surface area contributed by atoms with Gasteiger partial charge in [0.2, 0.25) is 0 Å². The standard InChI is InChI=1S/C8H4S2.2Li/c1-3-9-5-7(1)8-2-4-10-6-8;;/h1-4H;;/q-2;2*+1. The summed E-state index contributed by atoms with van der Waals surface area (Å²) in [5, 5.41) is 10.4. The van der Waals surface area contributed by atoms with Crippen LogP contribution in [0.25, 0.3) is 11.1 Å². The van der Waals surface area contributed by atoms with Crippen molar-refractivity contribution in [3.63, 3.8) is 0 Å². The van der Waals surface area contributed by atoms with E-state index >= 15 is 0 Å². The van der Waals surface area contributed by atoms with E-state index in [1.165, 1.54) is 0 Å². The molecule has 50 valence electrons. The Kier molecular flexibility index (Phi) is 6.41. The van der Waals surface area contributed by atoms with E-state index in [4.69, 9.17) is 0 Å². The summed E-state index contributed by atoms with van der Waals surface area (Å²) < 4.78 is 0. The quantitative estimate of drug-likeness (QED) is 0.324. The van der Waals surface area contributed by atoms with Gasteiger partial charge in [0.1, 0.15) is 0 Å². The van der Waals surface area contributed by atoms with Crippen molar-refractivity contribution in [1.29, 1.82) is 0 Å². The minimum Gasteiger partial charge on any atom is -0.276 e. The molecule has 0 atom stereocenters. The average Bonchev–Trinajstić information content (AvgIpc) is 2.59. The van der Waals surface area contributed by atoms with Crippen molar-refractivity contribution in [2.75, 3.05) is 0 Å². The van der Waals surface area contributed by atoms with Crippen LogP contribution in [-0.4, -0.2) is 0 Å². The molecular formula is C8H4Li2S2. The predicted molar refractivity (Wildman–Crippen MR) is 45.3 cm³/mol. The molecular weight excluding hydrogens is 174 g/mol. The van der Waals surface area contributed by atoms with E-state index in [1.807, 2.05) is 10.8 Å². The topological polar surface area (TPSA) is 0 Å². The van der Waals surface area contributed by atoms with Crippen LogP contribution >= 0.6 is 22.7 Å².